The van der Waals surface area contributed by atoms with Crippen molar-refractivity contribution < 1.29 is 19.4 Å². The summed E-state index contributed by atoms with van der Waals surface area (Å²) in [5, 5.41) is 11.7. The maximum atomic E-state index is 11.5. The van der Waals surface area contributed by atoms with Gasteiger partial charge >= 0.3 is 5.97 Å². The van der Waals surface area contributed by atoms with Gasteiger partial charge in [-0.25, -0.2) is 4.79 Å². The molecule has 1 amide bonds. The summed E-state index contributed by atoms with van der Waals surface area (Å²) in [4.78, 5) is 22.4. The number of nitrogens with one attached hydrogen (secondary N) is 1. The molecule has 2 N–H and O–H groups in total. The fourth-order valence-electron chi connectivity index (χ4n) is 1.32. The van der Waals surface area contributed by atoms with Crippen LogP contribution in [-0.2, 0) is 20.7 Å². The van der Waals surface area contributed by atoms with Gasteiger partial charge in [-0.1, -0.05) is 28.1 Å². The maximum absolute atomic E-state index is 11.5. The summed E-state index contributed by atoms with van der Waals surface area (Å²) in [7, 11) is 1.18. The fraction of sp³-hybridized carbons (Fsp3) is 0.333. The quantitative estimate of drug-likeness (QED) is 0.782. The predicted octanol–water partition coefficient (Wildman–Crippen LogP) is 0.642. The highest BCUT2D eigenvalue weighted by molar-refractivity contribution is 9.10. The third-order valence-corrected chi connectivity index (χ3v) is 2.71. The summed E-state index contributed by atoms with van der Waals surface area (Å²) >= 11 is 3.31. The van der Waals surface area contributed by atoms with Gasteiger partial charge in [0, 0.05) is 4.47 Å². The van der Waals surface area contributed by atoms with Gasteiger partial charge in [-0.15, -0.1) is 0 Å². The molecule has 0 spiro atoms. The minimum absolute atomic E-state index is 0.153. The Hall–Kier alpha value is -1.40. The molecule has 18 heavy (non-hydrogen) atoms. The standard InChI is InChI=1S/C12H14BrNO4/c1-18-12(17)10(15)7-14-11(16)6-8-3-2-4-9(13)5-8/h2-5,10,15H,6-7H2,1H3,(H,14,16). The molecule has 1 aromatic rings. The minimum Gasteiger partial charge on any atom is -0.467 e. The molecule has 98 valence electrons. The molecule has 1 atom stereocenters. The van der Waals surface area contributed by atoms with Crippen molar-refractivity contribution in [1.82, 2.24) is 5.32 Å². The lowest BCUT2D eigenvalue weighted by Gasteiger charge is -2.09. The molecule has 0 saturated carbocycles. The minimum atomic E-state index is -1.33. The number of benzene rings is 1. The number of methoxy groups -OCH3 is 1. The van der Waals surface area contributed by atoms with Crippen molar-refractivity contribution in [2.24, 2.45) is 0 Å². The summed E-state index contributed by atoms with van der Waals surface area (Å²) in [5.41, 5.74) is 0.842. The van der Waals surface area contributed by atoms with Crippen LogP contribution in [0.2, 0.25) is 0 Å². The van der Waals surface area contributed by atoms with Gasteiger partial charge in [0.15, 0.2) is 6.10 Å². The molecule has 1 unspecified atom stereocenters. The van der Waals surface area contributed by atoms with Crippen molar-refractivity contribution in [2.45, 2.75) is 12.5 Å². The lowest BCUT2D eigenvalue weighted by atomic mass is 10.1. The smallest absolute Gasteiger partial charge is 0.336 e. The second-order valence-corrected chi connectivity index (χ2v) is 4.57. The van der Waals surface area contributed by atoms with Gasteiger partial charge in [-0.05, 0) is 17.7 Å². The lowest BCUT2D eigenvalue weighted by Crippen LogP contribution is -2.37. The largest absolute Gasteiger partial charge is 0.467 e. The van der Waals surface area contributed by atoms with Crippen molar-refractivity contribution in [3.63, 3.8) is 0 Å². The van der Waals surface area contributed by atoms with E-state index in [9.17, 15) is 14.7 Å². The highest BCUT2D eigenvalue weighted by atomic mass is 79.9. The number of ether oxygens (including phenoxy) is 1. The number of aliphatic hydroxyl groups is 1. The fourth-order valence-corrected chi connectivity index (χ4v) is 1.77. The number of halogens is 1. The summed E-state index contributed by atoms with van der Waals surface area (Å²) in [5.74, 6) is -1.03. The zero-order valence-corrected chi connectivity index (χ0v) is 11.4. The van der Waals surface area contributed by atoms with Crippen molar-refractivity contribution in [3.8, 4) is 0 Å². The number of carbonyl (C=O) groups excluding carboxylic acids is 2. The molecule has 0 aliphatic carbocycles. The molecule has 0 fully saturated rings. The van der Waals surface area contributed by atoms with Crippen LogP contribution >= 0.6 is 15.9 Å². The van der Waals surface area contributed by atoms with Crippen molar-refractivity contribution >= 4 is 27.8 Å². The van der Waals surface area contributed by atoms with E-state index in [1.54, 1.807) is 0 Å². The van der Waals surface area contributed by atoms with Crippen molar-refractivity contribution in [2.75, 3.05) is 13.7 Å². The Kier molecular flexibility index (Phi) is 5.80. The zero-order chi connectivity index (χ0) is 13.5. The second-order valence-electron chi connectivity index (χ2n) is 3.65. The van der Waals surface area contributed by atoms with Gasteiger partial charge in [-0.2, -0.15) is 0 Å². The number of esters is 1. The van der Waals surface area contributed by atoms with Crippen LogP contribution in [-0.4, -0.2) is 36.7 Å². The molecule has 1 rings (SSSR count). The second kappa shape index (κ2) is 7.13. The molecular formula is C12H14BrNO4. The molecule has 0 aromatic heterocycles. The molecule has 1 aromatic carbocycles. The Morgan fingerprint density at radius 2 is 2.22 bits per heavy atom. The van der Waals surface area contributed by atoms with Crippen LogP contribution < -0.4 is 5.32 Å². The molecule has 0 heterocycles. The average molecular weight is 316 g/mol. The topological polar surface area (TPSA) is 75.6 Å². The van der Waals surface area contributed by atoms with E-state index in [-0.39, 0.29) is 18.9 Å². The van der Waals surface area contributed by atoms with Gasteiger partial charge in [0.2, 0.25) is 5.91 Å². The first-order valence-corrected chi connectivity index (χ1v) is 6.09. The summed E-state index contributed by atoms with van der Waals surface area (Å²) in [6.07, 6.45) is -1.14. The van der Waals surface area contributed by atoms with E-state index in [1.165, 1.54) is 7.11 Å². The van der Waals surface area contributed by atoms with Crippen LogP contribution in [0.15, 0.2) is 28.7 Å². The van der Waals surface area contributed by atoms with Gasteiger partial charge < -0.3 is 15.2 Å². The van der Waals surface area contributed by atoms with Crippen LogP contribution in [0, 0.1) is 0 Å². The number of rotatable bonds is 5. The molecule has 0 radical (unpaired) electrons. The summed E-state index contributed by atoms with van der Waals surface area (Å²) in [6.45, 7) is -0.153. The molecular weight excluding hydrogens is 302 g/mol. The third kappa shape index (κ3) is 4.85. The van der Waals surface area contributed by atoms with Crippen LogP contribution in [0.1, 0.15) is 5.56 Å². The Bertz CT molecular complexity index is 436. The number of hydrogen-bond donors (Lipinski definition) is 2. The van der Waals surface area contributed by atoms with Gasteiger partial charge in [0.25, 0.3) is 0 Å². The van der Waals surface area contributed by atoms with Crippen LogP contribution in [0.5, 0.6) is 0 Å². The molecule has 5 nitrogen and oxygen atoms in total. The Morgan fingerprint density at radius 3 is 2.83 bits per heavy atom. The molecule has 6 heteroatoms. The maximum Gasteiger partial charge on any atom is 0.336 e. The summed E-state index contributed by atoms with van der Waals surface area (Å²) in [6, 6.07) is 7.34. The highest BCUT2D eigenvalue weighted by Gasteiger charge is 2.16. The summed E-state index contributed by atoms with van der Waals surface area (Å²) < 4.78 is 5.22. The number of hydrogen-bond acceptors (Lipinski definition) is 4. The van der Waals surface area contributed by atoms with E-state index >= 15 is 0 Å². The first-order chi connectivity index (χ1) is 8.52. The normalized spacial score (nSPS) is 11.7. The van der Waals surface area contributed by atoms with E-state index in [2.05, 4.69) is 26.0 Å². The number of amides is 1. The average Bonchev–Trinajstić information content (AvgIpc) is 2.35. The van der Waals surface area contributed by atoms with Crippen molar-refractivity contribution in [1.29, 1.82) is 0 Å². The predicted molar refractivity (Wildman–Crippen MR) is 68.9 cm³/mol. The molecule has 0 bridgehead atoms. The lowest BCUT2D eigenvalue weighted by molar-refractivity contribution is -0.150. The number of aliphatic hydroxyl groups excluding tert-OH is 1. The molecule has 0 saturated heterocycles. The third-order valence-electron chi connectivity index (χ3n) is 2.22. The van der Waals surface area contributed by atoms with E-state index < -0.39 is 12.1 Å². The molecule has 0 aliphatic heterocycles. The van der Waals surface area contributed by atoms with Gasteiger partial charge in [-0.3, -0.25) is 4.79 Å². The van der Waals surface area contributed by atoms with Gasteiger partial charge in [0.05, 0.1) is 20.1 Å². The van der Waals surface area contributed by atoms with E-state index in [4.69, 9.17) is 0 Å². The Labute approximate surface area is 113 Å². The molecule has 0 aliphatic rings. The Morgan fingerprint density at radius 1 is 1.50 bits per heavy atom. The van der Waals surface area contributed by atoms with E-state index in [0.717, 1.165) is 10.0 Å². The Balaban J connectivity index is 2.41. The van der Waals surface area contributed by atoms with Gasteiger partial charge in [0.1, 0.15) is 0 Å². The van der Waals surface area contributed by atoms with Crippen LogP contribution in [0.25, 0.3) is 0 Å². The van der Waals surface area contributed by atoms with Crippen LogP contribution in [0.3, 0.4) is 0 Å². The monoisotopic (exact) mass is 315 g/mol. The first kappa shape index (κ1) is 14.7. The van der Waals surface area contributed by atoms with E-state index in [1.807, 2.05) is 24.3 Å². The first-order valence-electron chi connectivity index (χ1n) is 5.30. The van der Waals surface area contributed by atoms with Crippen molar-refractivity contribution in [3.05, 3.63) is 34.3 Å². The van der Waals surface area contributed by atoms with E-state index in [0.29, 0.717) is 0 Å². The zero-order valence-electron chi connectivity index (χ0n) is 9.85. The SMILES string of the molecule is COC(=O)C(O)CNC(=O)Cc1cccc(Br)c1. The van der Waals surface area contributed by atoms with Crippen LogP contribution in [0.4, 0.5) is 0 Å². The highest BCUT2D eigenvalue weighted by Crippen LogP contribution is 2.11. The number of carbonyl (C=O) groups is 2.